The maximum Gasteiger partial charge on any atom is 0.349 e. The second kappa shape index (κ2) is 6.48. The summed E-state index contributed by atoms with van der Waals surface area (Å²) in [5, 5.41) is 0. The molecule has 0 bridgehead atoms. The number of fused-ring (bicyclic) bond motifs is 1. The number of hydrogen-bond acceptors (Lipinski definition) is 2. The van der Waals surface area contributed by atoms with E-state index in [2.05, 4.69) is 22.8 Å². The number of carbonyl (C=O) groups is 1. The first kappa shape index (κ1) is 16.2. The smallest absolute Gasteiger partial charge is 0.349 e. The van der Waals surface area contributed by atoms with Crippen molar-refractivity contribution < 1.29 is 14.1 Å². The van der Waals surface area contributed by atoms with E-state index in [9.17, 15) is 4.79 Å². The normalized spacial score (nSPS) is 11.6. The number of aromatic nitrogens is 2. The molecule has 4 heteroatoms. The Bertz CT molecular complexity index is 845. The zero-order chi connectivity index (χ0) is 17.2. The fourth-order valence-corrected chi connectivity index (χ4v) is 2.79. The maximum atomic E-state index is 12.2. The van der Waals surface area contributed by atoms with Crippen LogP contribution in [-0.4, -0.2) is 16.1 Å². The van der Waals surface area contributed by atoms with E-state index in [1.807, 2.05) is 68.1 Å². The summed E-state index contributed by atoms with van der Waals surface area (Å²) < 4.78 is 9.56. The van der Waals surface area contributed by atoms with Crippen LogP contribution in [0.5, 0.6) is 0 Å². The highest BCUT2D eigenvalue weighted by Gasteiger charge is 2.22. The maximum absolute atomic E-state index is 12.2. The molecule has 0 aliphatic carbocycles. The van der Waals surface area contributed by atoms with Crippen molar-refractivity contribution in [2.45, 2.75) is 39.5 Å². The third kappa shape index (κ3) is 3.82. The minimum Gasteiger partial charge on any atom is -0.457 e. The van der Waals surface area contributed by atoms with Crippen molar-refractivity contribution >= 4 is 17.0 Å². The van der Waals surface area contributed by atoms with Gasteiger partial charge in [0.05, 0.1) is 0 Å². The van der Waals surface area contributed by atoms with E-state index < -0.39 is 5.60 Å². The topological polar surface area (TPSA) is 35.1 Å². The van der Waals surface area contributed by atoms with Gasteiger partial charge in [-0.3, -0.25) is 0 Å². The molecule has 3 aromatic rings. The zero-order valence-electron chi connectivity index (χ0n) is 14.4. The molecule has 1 aromatic heterocycles. The van der Waals surface area contributed by atoms with E-state index in [1.54, 1.807) is 0 Å². The quantitative estimate of drug-likeness (QED) is 0.545. The van der Waals surface area contributed by atoms with Gasteiger partial charge in [0.1, 0.15) is 12.1 Å². The molecule has 0 radical (unpaired) electrons. The molecule has 3 rings (SSSR count). The van der Waals surface area contributed by atoms with Crippen molar-refractivity contribution in [1.82, 2.24) is 4.57 Å². The SMILES string of the molecule is CC(C)(C)OC(=O)Cn1c[n+](Cc2ccccc2)c2ccccc21. The fraction of sp³-hybridized carbons (Fsp3) is 0.300. The van der Waals surface area contributed by atoms with Gasteiger partial charge in [-0.1, -0.05) is 42.5 Å². The summed E-state index contributed by atoms with van der Waals surface area (Å²) in [4.78, 5) is 12.2. The molecule has 0 fully saturated rings. The fourth-order valence-electron chi connectivity index (χ4n) is 2.79. The Labute approximate surface area is 142 Å². The summed E-state index contributed by atoms with van der Waals surface area (Å²) in [6.45, 7) is 6.62. The molecule has 4 nitrogen and oxygen atoms in total. The first-order valence-corrected chi connectivity index (χ1v) is 8.15. The molecule has 0 saturated heterocycles. The molecular weight excluding hydrogens is 300 g/mol. The minimum absolute atomic E-state index is 0.208. The van der Waals surface area contributed by atoms with Gasteiger partial charge in [-0.2, -0.15) is 0 Å². The molecule has 0 aliphatic heterocycles. The molecule has 24 heavy (non-hydrogen) atoms. The molecule has 0 N–H and O–H groups in total. The van der Waals surface area contributed by atoms with Crippen LogP contribution in [0.15, 0.2) is 60.9 Å². The van der Waals surface area contributed by atoms with Gasteiger partial charge in [0, 0.05) is 0 Å². The van der Waals surface area contributed by atoms with Crippen LogP contribution in [0.1, 0.15) is 26.3 Å². The minimum atomic E-state index is -0.472. The van der Waals surface area contributed by atoms with Crippen LogP contribution in [0.4, 0.5) is 0 Å². The number of esters is 1. The Morgan fingerprint density at radius 3 is 2.42 bits per heavy atom. The van der Waals surface area contributed by atoms with Gasteiger partial charge >= 0.3 is 5.97 Å². The van der Waals surface area contributed by atoms with Gasteiger partial charge in [-0.05, 0) is 38.5 Å². The number of hydrogen-bond donors (Lipinski definition) is 0. The summed E-state index contributed by atoms with van der Waals surface area (Å²) in [5.74, 6) is -0.227. The standard InChI is InChI=1S/C20H23N2O2/c1-20(2,3)24-19(23)14-22-15-21(13-16-9-5-4-6-10-16)17-11-7-8-12-18(17)22/h4-12,15H,13-14H2,1-3H3/q+1. The molecule has 1 heterocycles. The molecular formula is C20H23N2O2+. The Balaban J connectivity index is 1.90. The Morgan fingerprint density at radius 2 is 1.71 bits per heavy atom. The monoisotopic (exact) mass is 323 g/mol. The Hall–Kier alpha value is -2.62. The van der Waals surface area contributed by atoms with Gasteiger partial charge in [0.25, 0.3) is 0 Å². The second-order valence-electron chi connectivity index (χ2n) is 6.93. The first-order valence-electron chi connectivity index (χ1n) is 8.15. The average Bonchev–Trinajstić information content (AvgIpc) is 2.85. The number of benzene rings is 2. The van der Waals surface area contributed by atoms with Crippen molar-refractivity contribution in [2.75, 3.05) is 0 Å². The van der Waals surface area contributed by atoms with Crippen molar-refractivity contribution in [3.8, 4) is 0 Å². The number of rotatable bonds is 4. The van der Waals surface area contributed by atoms with Gasteiger partial charge in [0.2, 0.25) is 6.33 Å². The summed E-state index contributed by atoms with van der Waals surface area (Å²) in [6.07, 6.45) is 1.99. The van der Waals surface area contributed by atoms with Crippen LogP contribution in [0, 0.1) is 0 Å². The van der Waals surface area contributed by atoms with Crippen LogP contribution in [0.3, 0.4) is 0 Å². The van der Waals surface area contributed by atoms with E-state index in [0.29, 0.717) is 0 Å². The van der Waals surface area contributed by atoms with Crippen LogP contribution >= 0.6 is 0 Å². The molecule has 0 spiro atoms. The molecule has 2 aromatic carbocycles. The molecule has 0 amide bonds. The summed E-state index contributed by atoms with van der Waals surface area (Å²) in [6, 6.07) is 18.4. The Morgan fingerprint density at radius 1 is 1.04 bits per heavy atom. The van der Waals surface area contributed by atoms with Gasteiger partial charge in [0.15, 0.2) is 17.6 Å². The molecule has 0 atom stereocenters. The van der Waals surface area contributed by atoms with Crippen molar-refractivity contribution in [1.29, 1.82) is 0 Å². The van der Waals surface area contributed by atoms with Crippen molar-refractivity contribution in [3.63, 3.8) is 0 Å². The highest BCUT2D eigenvalue weighted by molar-refractivity contribution is 5.76. The first-order chi connectivity index (χ1) is 11.4. The highest BCUT2D eigenvalue weighted by atomic mass is 16.6. The van der Waals surface area contributed by atoms with Gasteiger partial charge in [-0.25, -0.2) is 13.9 Å². The summed E-state index contributed by atoms with van der Waals surface area (Å²) in [5.41, 5.74) is 2.88. The predicted octanol–water partition coefficient (Wildman–Crippen LogP) is 3.32. The predicted molar refractivity (Wildman–Crippen MR) is 93.5 cm³/mol. The number of para-hydroxylation sites is 2. The van der Waals surface area contributed by atoms with Gasteiger partial charge < -0.3 is 4.74 Å². The van der Waals surface area contributed by atoms with Crippen molar-refractivity contribution in [3.05, 3.63) is 66.5 Å². The number of imidazole rings is 1. The van der Waals surface area contributed by atoms with Crippen LogP contribution in [-0.2, 0) is 22.6 Å². The van der Waals surface area contributed by atoms with Crippen molar-refractivity contribution in [2.24, 2.45) is 0 Å². The third-order valence-electron chi connectivity index (χ3n) is 3.69. The number of carbonyl (C=O) groups excluding carboxylic acids is 1. The van der Waals surface area contributed by atoms with E-state index in [4.69, 9.17) is 4.74 Å². The highest BCUT2D eigenvalue weighted by Crippen LogP contribution is 2.13. The molecule has 124 valence electrons. The third-order valence-corrected chi connectivity index (χ3v) is 3.69. The van der Waals surface area contributed by atoms with Crippen LogP contribution in [0.25, 0.3) is 11.0 Å². The van der Waals surface area contributed by atoms with Crippen LogP contribution < -0.4 is 4.57 Å². The lowest BCUT2D eigenvalue weighted by molar-refractivity contribution is -0.663. The zero-order valence-corrected chi connectivity index (χ0v) is 14.4. The summed E-state index contributed by atoms with van der Waals surface area (Å²) in [7, 11) is 0. The van der Waals surface area contributed by atoms with E-state index in [-0.39, 0.29) is 12.5 Å². The lowest BCUT2D eigenvalue weighted by atomic mass is 10.2. The van der Waals surface area contributed by atoms with Crippen LogP contribution in [0.2, 0.25) is 0 Å². The number of ether oxygens (including phenoxy) is 1. The summed E-state index contributed by atoms with van der Waals surface area (Å²) >= 11 is 0. The molecule has 0 aliphatic rings. The molecule has 0 unspecified atom stereocenters. The van der Waals surface area contributed by atoms with E-state index in [1.165, 1.54) is 5.56 Å². The van der Waals surface area contributed by atoms with E-state index in [0.717, 1.165) is 17.6 Å². The van der Waals surface area contributed by atoms with E-state index >= 15 is 0 Å². The lowest BCUT2D eigenvalue weighted by Gasteiger charge is -2.18. The lowest BCUT2D eigenvalue weighted by Crippen LogP contribution is -2.33. The largest absolute Gasteiger partial charge is 0.457 e. The Kier molecular flexibility index (Phi) is 4.38. The second-order valence-corrected chi connectivity index (χ2v) is 6.93. The average molecular weight is 323 g/mol. The van der Waals surface area contributed by atoms with Gasteiger partial charge in [-0.15, -0.1) is 0 Å². The molecule has 0 saturated carbocycles. The number of nitrogens with zero attached hydrogens (tertiary/aromatic N) is 2.